The van der Waals surface area contributed by atoms with Gasteiger partial charge in [0.05, 0.1) is 12.7 Å². The Morgan fingerprint density at radius 3 is 1.96 bits per heavy atom. The second kappa shape index (κ2) is 7.55. The minimum absolute atomic E-state index is 0.0243. The van der Waals surface area contributed by atoms with E-state index in [2.05, 4.69) is 85.4 Å². The molecular formula is C25H22O. The molecule has 1 unspecified atom stereocenters. The van der Waals surface area contributed by atoms with E-state index in [1.54, 1.807) is 0 Å². The van der Waals surface area contributed by atoms with Crippen molar-refractivity contribution in [1.29, 1.82) is 0 Å². The molecule has 0 aliphatic heterocycles. The molecular weight excluding hydrogens is 316 g/mol. The number of ether oxygens (including phenoxy) is 1. The van der Waals surface area contributed by atoms with Gasteiger partial charge in [0.2, 0.25) is 0 Å². The molecule has 0 aromatic heterocycles. The van der Waals surface area contributed by atoms with E-state index in [-0.39, 0.29) is 6.10 Å². The topological polar surface area (TPSA) is 9.23 Å². The predicted molar refractivity (Wildman–Crippen MR) is 110 cm³/mol. The van der Waals surface area contributed by atoms with Crippen molar-refractivity contribution in [2.45, 2.75) is 19.1 Å². The summed E-state index contributed by atoms with van der Waals surface area (Å²) >= 11 is 0. The van der Waals surface area contributed by atoms with E-state index in [9.17, 15) is 0 Å². The highest BCUT2D eigenvalue weighted by molar-refractivity contribution is 6.02. The molecule has 0 saturated carbocycles. The maximum Gasteiger partial charge on any atom is 0.0875 e. The Bertz CT molecular complexity index is 980. The van der Waals surface area contributed by atoms with E-state index in [1.807, 2.05) is 12.1 Å². The monoisotopic (exact) mass is 338 g/mol. The first-order chi connectivity index (χ1) is 12.9. The maximum atomic E-state index is 6.40. The number of fused-ring (bicyclic) bond motifs is 2. The zero-order valence-electron chi connectivity index (χ0n) is 14.8. The highest BCUT2D eigenvalue weighted by Gasteiger charge is 2.17. The number of hydrogen-bond acceptors (Lipinski definition) is 1. The summed E-state index contributed by atoms with van der Waals surface area (Å²) in [6.45, 7) is 4.56. The summed E-state index contributed by atoms with van der Waals surface area (Å²) in [5, 5.41) is 5.01. The fourth-order valence-corrected chi connectivity index (χ4v) is 3.59. The molecule has 26 heavy (non-hydrogen) atoms. The second-order valence-corrected chi connectivity index (χ2v) is 6.54. The first kappa shape index (κ1) is 16.6. The molecule has 4 aromatic rings. The van der Waals surface area contributed by atoms with Gasteiger partial charge in [-0.1, -0.05) is 84.9 Å². The molecule has 0 aliphatic rings. The van der Waals surface area contributed by atoms with Gasteiger partial charge in [-0.25, -0.2) is 0 Å². The molecule has 4 rings (SSSR count). The van der Waals surface area contributed by atoms with Crippen LogP contribution in [0.5, 0.6) is 0 Å². The Labute approximate surface area is 154 Å². The molecule has 4 aromatic carbocycles. The zero-order chi connectivity index (χ0) is 17.8. The van der Waals surface area contributed by atoms with E-state index in [0.29, 0.717) is 6.61 Å². The lowest BCUT2D eigenvalue weighted by Crippen LogP contribution is -2.06. The van der Waals surface area contributed by atoms with Crippen molar-refractivity contribution in [2.75, 3.05) is 0 Å². The molecule has 0 aliphatic carbocycles. The van der Waals surface area contributed by atoms with Crippen LogP contribution in [0.3, 0.4) is 0 Å². The Morgan fingerprint density at radius 1 is 0.769 bits per heavy atom. The van der Waals surface area contributed by atoms with Gasteiger partial charge < -0.3 is 4.74 Å². The quantitative estimate of drug-likeness (QED) is 0.277. The molecule has 0 heterocycles. The molecule has 1 heteroatoms. The summed E-state index contributed by atoms with van der Waals surface area (Å²) in [5.41, 5.74) is 2.45. The van der Waals surface area contributed by atoms with Gasteiger partial charge in [0.1, 0.15) is 0 Å². The van der Waals surface area contributed by atoms with Crippen LogP contribution in [-0.4, -0.2) is 0 Å². The van der Waals surface area contributed by atoms with Gasteiger partial charge in [0, 0.05) is 0 Å². The predicted octanol–water partition coefficient (Wildman–Crippen LogP) is 6.83. The van der Waals surface area contributed by atoms with Crippen LogP contribution in [0.15, 0.2) is 97.6 Å². The van der Waals surface area contributed by atoms with E-state index < -0.39 is 0 Å². The zero-order valence-corrected chi connectivity index (χ0v) is 14.8. The molecule has 1 nitrogen and oxygen atoms in total. The lowest BCUT2D eigenvalue weighted by molar-refractivity contribution is 0.0436. The summed E-state index contributed by atoms with van der Waals surface area (Å²) < 4.78 is 6.40. The minimum atomic E-state index is -0.0243. The molecule has 0 N–H and O–H groups in total. The van der Waals surface area contributed by atoms with Gasteiger partial charge in [-0.05, 0) is 45.2 Å². The summed E-state index contributed by atoms with van der Waals surface area (Å²) in [6, 6.07) is 29.7. The molecule has 1 atom stereocenters. The largest absolute Gasteiger partial charge is 0.368 e. The van der Waals surface area contributed by atoms with E-state index >= 15 is 0 Å². The fraction of sp³-hybridized carbons (Fsp3) is 0.120. The van der Waals surface area contributed by atoms with Gasteiger partial charge >= 0.3 is 0 Å². The normalized spacial score (nSPS) is 12.3. The molecule has 0 radical (unpaired) electrons. The number of benzene rings is 4. The molecule has 128 valence electrons. The third-order valence-electron chi connectivity index (χ3n) is 4.81. The lowest BCUT2D eigenvalue weighted by atomic mass is 9.92. The van der Waals surface area contributed by atoms with Gasteiger partial charge in [0.15, 0.2) is 0 Å². The van der Waals surface area contributed by atoms with E-state index in [0.717, 1.165) is 6.42 Å². The Hall–Kier alpha value is -2.90. The van der Waals surface area contributed by atoms with Crippen molar-refractivity contribution >= 4 is 21.5 Å². The summed E-state index contributed by atoms with van der Waals surface area (Å²) in [5.74, 6) is 0. The fourth-order valence-electron chi connectivity index (χ4n) is 3.59. The summed E-state index contributed by atoms with van der Waals surface area (Å²) in [4.78, 5) is 0. The molecule has 0 bridgehead atoms. The Morgan fingerprint density at radius 2 is 1.35 bits per heavy atom. The average Bonchev–Trinajstić information content (AvgIpc) is 2.70. The third-order valence-corrected chi connectivity index (χ3v) is 4.81. The van der Waals surface area contributed by atoms with Crippen molar-refractivity contribution < 1.29 is 4.74 Å². The van der Waals surface area contributed by atoms with Gasteiger partial charge in [-0.2, -0.15) is 0 Å². The average molecular weight is 338 g/mol. The van der Waals surface area contributed by atoms with Crippen LogP contribution in [0.2, 0.25) is 0 Å². The van der Waals surface area contributed by atoms with Crippen LogP contribution >= 0.6 is 0 Å². The SMILES string of the molecule is C=CCC(OCc1ccccc1)c1c2ccccc2cc2ccccc12. The van der Waals surface area contributed by atoms with E-state index in [1.165, 1.54) is 32.7 Å². The standard InChI is InChI=1S/C25H22O/c1-2-10-24(26-18-19-11-4-3-5-12-19)25-22-15-8-6-13-20(22)17-21-14-7-9-16-23(21)25/h2-9,11-17,24H,1,10,18H2. The molecule has 0 spiro atoms. The van der Waals surface area contributed by atoms with Crippen LogP contribution < -0.4 is 0 Å². The summed E-state index contributed by atoms with van der Waals surface area (Å²) in [7, 11) is 0. The highest BCUT2D eigenvalue weighted by atomic mass is 16.5. The second-order valence-electron chi connectivity index (χ2n) is 6.54. The van der Waals surface area contributed by atoms with Crippen molar-refractivity contribution in [3.05, 3.63) is 109 Å². The highest BCUT2D eigenvalue weighted by Crippen LogP contribution is 2.36. The number of hydrogen-bond donors (Lipinski definition) is 0. The van der Waals surface area contributed by atoms with E-state index in [4.69, 9.17) is 4.74 Å². The van der Waals surface area contributed by atoms with Gasteiger partial charge in [-0.15, -0.1) is 6.58 Å². The van der Waals surface area contributed by atoms with Crippen LogP contribution in [0.4, 0.5) is 0 Å². The summed E-state index contributed by atoms with van der Waals surface area (Å²) in [6.07, 6.45) is 2.71. The molecule has 0 saturated heterocycles. The first-order valence-corrected chi connectivity index (χ1v) is 9.03. The maximum absolute atomic E-state index is 6.40. The van der Waals surface area contributed by atoms with Crippen LogP contribution in [0, 0.1) is 0 Å². The lowest BCUT2D eigenvalue weighted by Gasteiger charge is -2.21. The van der Waals surface area contributed by atoms with Crippen molar-refractivity contribution in [2.24, 2.45) is 0 Å². The van der Waals surface area contributed by atoms with Crippen molar-refractivity contribution in [3.8, 4) is 0 Å². The van der Waals surface area contributed by atoms with Crippen LogP contribution in [0.1, 0.15) is 23.7 Å². The molecule has 0 amide bonds. The minimum Gasteiger partial charge on any atom is -0.368 e. The Kier molecular flexibility index (Phi) is 4.81. The third kappa shape index (κ3) is 3.26. The van der Waals surface area contributed by atoms with Crippen molar-refractivity contribution in [3.63, 3.8) is 0 Å². The molecule has 0 fully saturated rings. The van der Waals surface area contributed by atoms with Crippen molar-refractivity contribution in [1.82, 2.24) is 0 Å². The van der Waals surface area contributed by atoms with Crippen LogP contribution in [0.25, 0.3) is 21.5 Å². The number of rotatable bonds is 6. The van der Waals surface area contributed by atoms with Gasteiger partial charge in [-0.3, -0.25) is 0 Å². The first-order valence-electron chi connectivity index (χ1n) is 9.03. The van der Waals surface area contributed by atoms with Gasteiger partial charge in [0.25, 0.3) is 0 Å². The Balaban J connectivity index is 1.83. The van der Waals surface area contributed by atoms with Crippen LogP contribution in [-0.2, 0) is 11.3 Å². The smallest absolute Gasteiger partial charge is 0.0875 e.